The second-order valence-corrected chi connectivity index (χ2v) is 10.8. The van der Waals surface area contributed by atoms with Crippen LogP contribution in [0.1, 0.15) is 17.0 Å². The van der Waals surface area contributed by atoms with Gasteiger partial charge < -0.3 is 19.2 Å². The van der Waals surface area contributed by atoms with Crippen molar-refractivity contribution in [1.82, 2.24) is 19.5 Å². The van der Waals surface area contributed by atoms with Gasteiger partial charge in [-0.05, 0) is 86.2 Å². The van der Waals surface area contributed by atoms with Crippen molar-refractivity contribution in [3.05, 3.63) is 71.7 Å². The van der Waals surface area contributed by atoms with Crippen molar-refractivity contribution in [3.63, 3.8) is 0 Å². The van der Waals surface area contributed by atoms with Crippen molar-refractivity contribution in [3.8, 4) is 17.1 Å². The summed E-state index contributed by atoms with van der Waals surface area (Å²) in [6.07, 6.45) is 3.95. The van der Waals surface area contributed by atoms with Gasteiger partial charge in [0.1, 0.15) is 19.2 Å². The van der Waals surface area contributed by atoms with Crippen LogP contribution in [0, 0.1) is 20.8 Å². The maximum absolute atomic E-state index is 5.76. The first kappa shape index (κ1) is 25.3. The summed E-state index contributed by atoms with van der Waals surface area (Å²) in [6.45, 7) is 6.44. The summed E-state index contributed by atoms with van der Waals surface area (Å²) in [5.41, 5.74) is 11.4. The van der Waals surface area contributed by atoms with Crippen LogP contribution >= 0.6 is 23.9 Å². The first-order valence-electron chi connectivity index (χ1n) is 12.0. The Kier molecular flexibility index (Phi) is 6.98. The molecule has 0 amide bonds. The van der Waals surface area contributed by atoms with E-state index in [1.54, 1.807) is 11.9 Å². The molecule has 0 bridgehead atoms. The van der Waals surface area contributed by atoms with Crippen molar-refractivity contribution >= 4 is 65.4 Å². The molecule has 3 heterocycles. The first-order valence-corrected chi connectivity index (χ1v) is 14.0. The second kappa shape index (κ2) is 10.2. The molecule has 7 nitrogen and oxygen atoms in total. The van der Waals surface area contributed by atoms with E-state index in [4.69, 9.17) is 10.1 Å². The zero-order valence-electron chi connectivity index (χ0n) is 21.9. The van der Waals surface area contributed by atoms with Crippen LogP contribution in [0.3, 0.4) is 0 Å². The SMILES string of the molecule is Bc1cnc2[nH]c(-c3cc(C)n(-c4ccc(N(C)SC)cc4C)c3C)nc2c1Nc1cccc(SN)c1. The second-order valence-electron chi connectivity index (χ2n) is 9.14. The van der Waals surface area contributed by atoms with Crippen LogP contribution < -0.4 is 20.2 Å². The smallest absolute Gasteiger partial charge is 0.159 e. The molecular formula is C27H30BN7S2. The van der Waals surface area contributed by atoms with Gasteiger partial charge in [-0.25, -0.2) is 9.97 Å². The van der Waals surface area contributed by atoms with Gasteiger partial charge in [-0.3, -0.25) is 5.14 Å². The Labute approximate surface area is 226 Å². The molecule has 0 saturated carbocycles. The Morgan fingerprint density at radius 3 is 2.65 bits per heavy atom. The van der Waals surface area contributed by atoms with Crippen LogP contribution in [0.15, 0.2) is 59.6 Å². The first-order chi connectivity index (χ1) is 17.8. The van der Waals surface area contributed by atoms with E-state index in [1.807, 2.05) is 38.3 Å². The van der Waals surface area contributed by atoms with Gasteiger partial charge in [-0.15, -0.1) is 0 Å². The summed E-state index contributed by atoms with van der Waals surface area (Å²) in [5.74, 6) is 0.804. The molecule has 10 heteroatoms. The third-order valence-corrected chi connectivity index (χ3v) is 7.97. The Bertz CT molecular complexity index is 1610. The van der Waals surface area contributed by atoms with Crippen molar-refractivity contribution in [2.45, 2.75) is 25.7 Å². The molecule has 2 aromatic carbocycles. The number of anilines is 3. The number of aromatic amines is 1. The van der Waals surface area contributed by atoms with Gasteiger partial charge >= 0.3 is 0 Å². The van der Waals surface area contributed by atoms with Crippen molar-refractivity contribution in [2.24, 2.45) is 5.14 Å². The maximum atomic E-state index is 5.76. The lowest BCUT2D eigenvalue weighted by molar-refractivity contribution is 0.954. The van der Waals surface area contributed by atoms with Gasteiger partial charge in [-0.2, -0.15) is 0 Å². The predicted molar refractivity (Wildman–Crippen MR) is 163 cm³/mol. The molecule has 0 aliphatic heterocycles. The minimum Gasteiger partial charge on any atom is -0.354 e. The number of fused-ring (bicyclic) bond motifs is 1. The van der Waals surface area contributed by atoms with E-state index in [0.29, 0.717) is 0 Å². The molecule has 4 N–H and O–H groups in total. The van der Waals surface area contributed by atoms with E-state index in [0.717, 1.165) is 55.7 Å². The lowest BCUT2D eigenvalue weighted by Gasteiger charge is -2.19. The molecule has 0 unspecified atom stereocenters. The highest BCUT2D eigenvalue weighted by atomic mass is 32.2. The molecular weight excluding hydrogens is 497 g/mol. The van der Waals surface area contributed by atoms with Crippen LogP contribution in [-0.2, 0) is 0 Å². The average Bonchev–Trinajstić information content (AvgIpc) is 3.46. The van der Waals surface area contributed by atoms with E-state index in [9.17, 15) is 0 Å². The summed E-state index contributed by atoms with van der Waals surface area (Å²) in [5, 5.41) is 9.30. The summed E-state index contributed by atoms with van der Waals surface area (Å²) < 4.78 is 4.46. The predicted octanol–water partition coefficient (Wildman–Crippen LogP) is 5.02. The fourth-order valence-electron chi connectivity index (χ4n) is 4.69. The number of nitrogens with one attached hydrogen (secondary N) is 2. The quantitative estimate of drug-likeness (QED) is 0.202. The molecule has 0 spiro atoms. The maximum Gasteiger partial charge on any atom is 0.159 e. The summed E-state index contributed by atoms with van der Waals surface area (Å²) >= 11 is 2.93. The number of nitrogens with two attached hydrogens (primary N) is 1. The molecule has 0 saturated heterocycles. The standard InChI is InChI=1S/C27H30BN7S2/c1-15-11-19(34(4)36-5)9-10-23(15)35-16(2)12-21(17(35)3)26-32-25-24(22(28)14-30-27(25)33-26)31-18-7-6-8-20(13-18)37-29/h6-14H,28-29H2,1-5H3,(H2,30,31,32,33). The van der Waals surface area contributed by atoms with Crippen LogP contribution in [0.4, 0.5) is 17.1 Å². The Balaban J connectivity index is 1.56. The third kappa shape index (κ3) is 4.72. The highest BCUT2D eigenvalue weighted by Gasteiger charge is 2.19. The van der Waals surface area contributed by atoms with Gasteiger partial charge in [0.05, 0.1) is 5.69 Å². The fraction of sp³-hybridized carbons (Fsp3) is 0.185. The molecule has 3 aromatic heterocycles. The molecule has 0 atom stereocenters. The monoisotopic (exact) mass is 527 g/mol. The van der Waals surface area contributed by atoms with Gasteiger partial charge in [0.25, 0.3) is 0 Å². The van der Waals surface area contributed by atoms with Gasteiger partial charge in [-0.1, -0.05) is 18.0 Å². The van der Waals surface area contributed by atoms with Gasteiger partial charge in [0, 0.05) is 58.4 Å². The number of imidazole rings is 1. The lowest BCUT2D eigenvalue weighted by Crippen LogP contribution is -2.11. The molecule has 37 heavy (non-hydrogen) atoms. The molecule has 0 fully saturated rings. The largest absolute Gasteiger partial charge is 0.354 e. The third-order valence-electron chi connectivity index (χ3n) is 6.69. The van der Waals surface area contributed by atoms with Crippen LogP contribution in [-0.4, -0.2) is 40.7 Å². The molecule has 0 aliphatic carbocycles. The van der Waals surface area contributed by atoms with E-state index in [-0.39, 0.29) is 0 Å². The van der Waals surface area contributed by atoms with Gasteiger partial charge in [0.2, 0.25) is 0 Å². The number of rotatable bonds is 7. The van der Waals surface area contributed by atoms with Crippen LogP contribution in [0.5, 0.6) is 0 Å². The van der Waals surface area contributed by atoms with E-state index >= 15 is 0 Å². The molecule has 188 valence electrons. The van der Waals surface area contributed by atoms with Crippen molar-refractivity contribution in [2.75, 3.05) is 22.9 Å². The topological polar surface area (TPSA) is 87.8 Å². The summed E-state index contributed by atoms with van der Waals surface area (Å²) in [6, 6.07) is 16.8. The van der Waals surface area contributed by atoms with E-state index < -0.39 is 0 Å². The van der Waals surface area contributed by atoms with E-state index in [2.05, 4.69) is 82.5 Å². The normalized spacial score (nSPS) is 11.3. The Hall–Kier alpha value is -3.34. The molecule has 0 radical (unpaired) electrons. The van der Waals surface area contributed by atoms with Crippen LogP contribution in [0.2, 0.25) is 0 Å². The zero-order valence-corrected chi connectivity index (χ0v) is 23.5. The number of hydrogen-bond acceptors (Lipinski definition) is 7. The number of benzene rings is 2. The zero-order chi connectivity index (χ0) is 26.3. The highest BCUT2D eigenvalue weighted by Crippen LogP contribution is 2.33. The minimum atomic E-state index is 0.748. The van der Waals surface area contributed by atoms with Crippen LogP contribution in [0.25, 0.3) is 28.2 Å². The Morgan fingerprint density at radius 1 is 1.11 bits per heavy atom. The number of H-pyrrole nitrogens is 1. The number of pyridine rings is 1. The number of hydrogen-bond donors (Lipinski definition) is 3. The lowest BCUT2D eigenvalue weighted by atomic mass is 9.96. The van der Waals surface area contributed by atoms with Crippen molar-refractivity contribution < 1.29 is 0 Å². The number of aromatic nitrogens is 4. The number of aryl methyl sites for hydroxylation is 2. The highest BCUT2D eigenvalue weighted by molar-refractivity contribution is 7.99. The van der Waals surface area contributed by atoms with E-state index in [1.165, 1.54) is 28.9 Å². The summed E-state index contributed by atoms with van der Waals surface area (Å²) in [7, 11) is 4.12. The van der Waals surface area contributed by atoms with Gasteiger partial charge in [0.15, 0.2) is 5.65 Å². The molecule has 5 aromatic rings. The molecule has 0 aliphatic rings. The average molecular weight is 528 g/mol. The Morgan fingerprint density at radius 2 is 1.92 bits per heavy atom. The minimum absolute atomic E-state index is 0.748. The molecule has 5 rings (SSSR count). The number of nitrogens with zero attached hydrogens (tertiary/aromatic N) is 4. The summed E-state index contributed by atoms with van der Waals surface area (Å²) in [4.78, 5) is 14.1. The fourth-order valence-corrected chi connectivity index (χ4v) is 5.36. The van der Waals surface area contributed by atoms with Crippen molar-refractivity contribution in [1.29, 1.82) is 0 Å².